The summed E-state index contributed by atoms with van der Waals surface area (Å²) < 4.78 is 0. The van der Waals surface area contributed by atoms with Crippen molar-refractivity contribution in [3.8, 4) is 0 Å². The van der Waals surface area contributed by atoms with Crippen LogP contribution in [0.15, 0.2) is 30.3 Å². The SMILES string of the molecule is CCCNCCNCC(C)c1ccccc1. The van der Waals surface area contributed by atoms with Gasteiger partial charge in [-0.15, -0.1) is 0 Å². The zero-order chi connectivity index (χ0) is 11.6. The smallest absolute Gasteiger partial charge is 0.00769 e. The molecule has 0 saturated carbocycles. The van der Waals surface area contributed by atoms with Crippen LogP contribution in [0.3, 0.4) is 0 Å². The van der Waals surface area contributed by atoms with Crippen molar-refractivity contribution in [3.63, 3.8) is 0 Å². The molecular formula is C14H24N2. The molecule has 2 nitrogen and oxygen atoms in total. The zero-order valence-corrected chi connectivity index (χ0v) is 10.5. The van der Waals surface area contributed by atoms with Crippen LogP contribution in [0.1, 0.15) is 31.7 Å². The monoisotopic (exact) mass is 220 g/mol. The molecule has 1 rings (SSSR count). The molecule has 1 atom stereocenters. The summed E-state index contributed by atoms with van der Waals surface area (Å²) in [7, 11) is 0. The van der Waals surface area contributed by atoms with E-state index in [1.807, 2.05) is 0 Å². The lowest BCUT2D eigenvalue weighted by atomic mass is 10.0. The molecule has 0 amide bonds. The summed E-state index contributed by atoms with van der Waals surface area (Å²) in [5, 5.41) is 6.87. The topological polar surface area (TPSA) is 24.1 Å². The van der Waals surface area contributed by atoms with Gasteiger partial charge in [0.05, 0.1) is 0 Å². The van der Waals surface area contributed by atoms with Gasteiger partial charge in [0.15, 0.2) is 0 Å². The summed E-state index contributed by atoms with van der Waals surface area (Å²) in [5.74, 6) is 0.590. The zero-order valence-electron chi connectivity index (χ0n) is 10.5. The fourth-order valence-corrected chi connectivity index (χ4v) is 1.70. The Kier molecular flexibility index (Phi) is 6.86. The molecule has 0 spiro atoms. The highest BCUT2D eigenvalue weighted by Gasteiger charge is 2.02. The van der Waals surface area contributed by atoms with E-state index in [0.717, 1.165) is 26.2 Å². The van der Waals surface area contributed by atoms with Gasteiger partial charge in [0, 0.05) is 19.6 Å². The Hall–Kier alpha value is -0.860. The number of hydrogen-bond acceptors (Lipinski definition) is 2. The Morgan fingerprint density at radius 2 is 1.69 bits per heavy atom. The summed E-state index contributed by atoms with van der Waals surface area (Å²) in [5.41, 5.74) is 1.41. The van der Waals surface area contributed by atoms with E-state index in [4.69, 9.17) is 0 Å². The van der Waals surface area contributed by atoms with Gasteiger partial charge in [-0.1, -0.05) is 44.2 Å². The van der Waals surface area contributed by atoms with E-state index in [-0.39, 0.29) is 0 Å². The van der Waals surface area contributed by atoms with Crippen LogP contribution in [-0.4, -0.2) is 26.2 Å². The first-order chi connectivity index (χ1) is 7.84. The summed E-state index contributed by atoms with van der Waals surface area (Å²) >= 11 is 0. The Labute approximate surface area is 99.5 Å². The molecule has 1 aromatic carbocycles. The largest absolute Gasteiger partial charge is 0.315 e. The van der Waals surface area contributed by atoms with Gasteiger partial charge in [-0.2, -0.15) is 0 Å². The highest BCUT2D eigenvalue weighted by molar-refractivity contribution is 5.18. The maximum Gasteiger partial charge on any atom is 0.00769 e. The molecule has 0 aromatic heterocycles. The summed E-state index contributed by atoms with van der Waals surface area (Å²) in [4.78, 5) is 0. The Balaban J connectivity index is 2.09. The highest BCUT2D eigenvalue weighted by Crippen LogP contribution is 2.12. The third-order valence-electron chi connectivity index (χ3n) is 2.72. The van der Waals surface area contributed by atoms with E-state index in [1.54, 1.807) is 0 Å². The molecular weight excluding hydrogens is 196 g/mol. The van der Waals surface area contributed by atoms with Gasteiger partial charge < -0.3 is 10.6 Å². The minimum Gasteiger partial charge on any atom is -0.315 e. The lowest BCUT2D eigenvalue weighted by Crippen LogP contribution is -2.30. The molecule has 0 aliphatic carbocycles. The normalized spacial score (nSPS) is 12.6. The molecule has 0 aliphatic heterocycles. The van der Waals surface area contributed by atoms with Crippen LogP contribution in [0, 0.1) is 0 Å². The summed E-state index contributed by atoms with van der Waals surface area (Å²) in [6, 6.07) is 10.7. The van der Waals surface area contributed by atoms with Crippen LogP contribution in [0.2, 0.25) is 0 Å². The predicted octanol–water partition coefficient (Wildman–Crippen LogP) is 2.38. The van der Waals surface area contributed by atoms with Crippen LogP contribution >= 0.6 is 0 Å². The molecule has 0 saturated heterocycles. The third kappa shape index (κ3) is 5.29. The average molecular weight is 220 g/mol. The second kappa shape index (κ2) is 8.31. The third-order valence-corrected chi connectivity index (χ3v) is 2.72. The molecule has 0 heterocycles. The molecule has 1 unspecified atom stereocenters. The minimum atomic E-state index is 0.590. The van der Waals surface area contributed by atoms with Crippen molar-refractivity contribution in [3.05, 3.63) is 35.9 Å². The predicted molar refractivity (Wildman–Crippen MR) is 70.9 cm³/mol. The first-order valence-electron chi connectivity index (χ1n) is 6.31. The highest BCUT2D eigenvalue weighted by atomic mass is 14.9. The Morgan fingerprint density at radius 1 is 1.00 bits per heavy atom. The summed E-state index contributed by atoms with van der Waals surface area (Å²) in [6.07, 6.45) is 1.21. The lowest BCUT2D eigenvalue weighted by molar-refractivity contribution is 0.576. The molecule has 0 bridgehead atoms. The van der Waals surface area contributed by atoms with E-state index < -0.39 is 0 Å². The van der Waals surface area contributed by atoms with Crippen molar-refractivity contribution >= 4 is 0 Å². The van der Waals surface area contributed by atoms with Crippen LogP contribution in [0.25, 0.3) is 0 Å². The van der Waals surface area contributed by atoms with Crippen LogP contribution in [0.5, 0.6) is 0 Å². The minimum absolute atomic E-state index is 0.590. The molecule has 0 fully saturated rings. The molecule has 0 aliphatic rings. The van der Waals surface area contributed by atoms with Crippen molar-refractivity contribution in [2.75, 3.05) is 26.2 Å². The van der Waals surface area contributed by atoms with Gasteiger partial charge in [0.2, 0.25) is 0 Å². The molecule has 16 heavy (non-hydrogen) atoms. The fourth-order valence-electron chi connectivity index (χ4n) is 1.70. The first-order valence-corrected chi connectivity index (χ1v) is 6.31. The van der Waals surface area contributed by atoms with Gasteiger partial charge in [0.1, 0.15) is 0 Å². The number of hydrogen-bond donors (Lipinski definition) is 2. The van der Waals surface area contributed by atoms with Crippen LogP contribution in [-0.2, 0) is 0 Å². The molecule has 0 radical (unpaired) electrons. The van der Waals surface area contributed by atoms with Crippen LogP contribution < -0.4 is 10.6 Å². The van der Waals surface area contributed by atoms with Gasteiger partial charge in [0.25, 0.3) is 0 Å². The van der Waals surface area contributed by atoms with Crippen molar-refractivity contribution < 1.29 is 0 Å². The molecule has 1 aromatic rings. The quantitative estimate of drug-likeness (QED) is 0.657. The van der Waals surface area contributed by atoms with Gasteiger partial charge in [-0.3, -0.25) is 0 Å². The van der Waals surface area contributed by atoms with Gasteiger partial charge in [-0.05, 0) is 24.4 Å². The van der Waals surface area contributed by atoms with Crippen molar-refractivity contribution in [1.29, 1.82) is 0 Å². The molecule has 2 N–H and O–H groups in total. The standard InChI is InChI=1S/C14H24N2/c1-3-9-15-10-11-16-12-13(2)14-7-5-4-6-8-14/h4-8,13,15-16H,3,9-12H2,1-2H3. The maximum absolute atomic E-state index is 3.48. The van der Waals surface area contributed by atoms with E-state index in [9.17, 15) is 0 Å². The molecule has 2 heteroatoms. The van der Waals surface area contributed by atoms with E-state index in [0.29, 0.717) is 5.92 Å². The maximum atomic E-state index is 3.48. The average Bonchev–Trinajstić information content (AvgIpc) is 2.34. The Bertz CT molecular complexity index is 259. The number of benzene rings is 1. The Morgan fingerprint density at radius 3 is 2.38 bits per heavy atom. The summed E-state index contributed by atoms with van der Waals surface area (Å²) in [6.45, 7) is 8.75. The van der Waals surface area contributed by atoms with E-state index in [2.05, 4.69) is 54.8 Å². The first kappa shape index (κ1) is 13.2. The van der Waals surface area contributed by atoms with Gasteiger partial charge in [-0.25, -0.2) is 0 Å². The van der Waals surface area contributed by atoms with Crippen molar-refractivity contribution in [2.45, 2.75) is 26.2 Å². The van der Waals surface area contributed by atoms with Crippen molar-refractivity contribution in [2.24, 2.45) is 0 Å². The van der Waals surface area contributed by atoms with E-state index >= 15 is 0 Å². The second-order valence-corrected chi connectivity index (χ2v) is 4.27. The van der Waals surface area contributed by atoms with Crippen LogP contribution in [0.4, 0.5) is 0 Å². The second-order valence-electron chi connectivity index (χ2n) is 4.27. The number of rotatable bonds is 8. The van der Waals surface area contributed by atoms with E-state index in [1.165, 1.54) is 12.0 Å². The fraction of sp³-hybridized carbons (Fsp3) is 0.571. The van der Waals surface area contributed by atoms with Crippen molar-refractivity contribution in [1.82, 2.24) is 10.6 Å². The molecule has 90 valence electrons. The number of nitrogens with one attached hydrogen (secondary N) is 2. The van der Waals surface area contributed by atoms with Gasteiger partial charge >= 0.3 is 0 Å². The lowest BCUT2D eigenvalue weighted by Gasteiger charge is -2.13.